The predicted molar refractivity (Wildman–Crippen MR) is 619 cm³/mol. The van der Waals surface area contributed by atoms with Gasteiger partial charge in [-0.15, -0.1) is 34.0 Å². The first-order valence-corrected chi connectivity index (χ1v) is 52.8. The quantitative estimate of drug-likeness (QED) is 0.111. The van der Waals surface area contributed by atoms with Crippen LogP contribution >= 0.6 is 45.8 Å². The second-order valence-electron chi connectivity index (χ2n) is 38.6. The van der Waals surface area contributed by atoms with Gasteiger partial charge in [0.1, 0.15) is 0 Å². The summed E-state index contributed by atoms with van der Waals surface area (Å²) in [5.74, 6) is 0. The first-order valence-electron chi connectivity index (χ1n) is 49.5. The van der Waals surface area contributed by atoms with Gasteiger partial charge in [0.05, 0.1) is 117 Å². The van der Waals surface area contributed by atoms with Crippen LogP contribution in [0.5, 0.6) is 0 Å². The lowest BCUT2D eigenvalue weighted by atomic mass is 9.73. The average Bonchev–Trinajstić information content (AvgIpc) is 0.623. The molecule has 15 heteroatoms. The van der Waals surface area contributed by atoms with E-state index in [-0.39, 0.29) is 5.41 Å². The highest BCUT2D eigenvalue weighted by Crippen LogP contribution is 2.61. The molecule has 0 atom stereocenters. The van der Waals surface area contributed by atoms with Gasteiger partial charge < -0.3 is 50.5 Å². The molecule has 0 saturated heterocycles. The fraction of sp³-hybridized carbons (Fsp3) is 0.0840. The number of aromatic nitrogens is 6. The van der Waals surface area contributed by atoms with Crippen molar-refractivity contribution in [2.75, 3.05) is 9.80 Å². The van der Waals surface area contributed by atoms with Gasteiger partial charge in [-0.25, -0.2) is 0 Å². The monoisotopic (exact) mass is 1960 g/mol. The maximum atomic E-state index is 6.49. The molecule has 146 heavy (non-hydrogen) atoms. The van der Waals surface area contributed by atoms with E-state index < -0.39 is 0 Å². The summed E-state index contributed by atoms with van der Waals surface area (Å²) in [6.45, 7) is 21.8. The highest BCUT2D eigenvalue weighted by Gasteiger charge is 2.42. The highest BCUT2D eigenvalue weighted by molar-refractivity contribution is 7.99. The number of rotatable bonds is 8. The summed E-state index contributed by atoms with van der Waals surface area (Å²) in [6, 6.07) is 156. The summed E-state index contributed by atoms with van der Waals surface area (Å²) in [7, 11) is 0. The van der Waals surface area contributed by atoms with Gasteiger partial charge in [0.2, 0.25) is 0 Å². The third-order valence-electron chi connectivity index (χ3n) is 28.2. The van der Waals surface area contributed by atoms with Crippen LogP contribution in [0.4, 0.5) is 34.1 Å². The van der Waals surface area contributed by atoms with Crippen LogP contribution in [-0.4, -0.2) is 27.4 Å². The van der Waals surface area contributed by atoms with Crippen LogP contribution in [-0.2, 0) is 5.41 Å². The van der Waals surface area contributed by atoms with Crippen LogP contribution in [0, 0.1) is 55.4 Å². The minimum atomic E-state index is -0.170. The Kier molecular flexibility index (Phi) is 23.0. The molecule has 2 aliphatic rings. The molecule has 0 aliphatic carbocycles. The maximum absolute atomic E-state index is 6.49. The zero-order valence-electron chi connectivity index (χ0n) is 82.5. The predicted octanol–water partition coefficient (Wildman–Crippen LogP) is 38.2. The van der Waals surface area contributed by atoms with Gasteiger partial charge in [0.15, 0.2) is 33.5 Å². The van der Waals surface area contributed by atoms with Crippen LogP contribution < -0.4 is 9.80 Å². The third-order valence-corrected chi connectivity index (χ3v) is 33.0. The Morgan fingerprint density at radius 3 is 0.877 bits per heavy atom. The first-order chi connectivity index (χ1) is 71.4. The van der Waals surface area contributed by atoms with E-state index in [2.05, 4.69) is 489 Å². The summed E-state index contributed by atoms with van der Waals surface area (Å²) >= 11 is 7.47. The van der Waals surface area contributed by atoms with E-state index >= 15 is 0 Å². The summed E-state index contributed by atoms with van der Waals surface area (Å²) in [6.07, 6.45) is 0. The molecule has 0 fully saturated rings. The molecule has 0 unspecified atom stereocenters. The van der Waals surface area contributed by atoms with Gasteiger partial charge in [-0.2, -0.15) is 0 Å². The van der Waals surface area contributed by atoms with Crippen LogP contribution in [0.1, 0.15) is 69.5 Å². The zero-order valence-corrected chi connectivity index (χ0v) is 85.8. The fourth-order valence-corrected chi connectivity index (χ4v) is 25.7. The van der Waals surface area contributed by atoms with Gasteiger partial charge in [0.25, 0.3) is 0 Å². The number of para-hydroxylation sites is 11. The molecule has 20 aromatic carbocycles. The third kappa shape index (κ3) is 16.2. The standard InChI is InChI=1S/C35H30N2S.C32H24N2O2.C32H24N2OS.C32H24N2S2/c1-23-13-17-25(18-14-23)36-28-10-6-5-9-27(28)35(3,4)33-30(36)21-22-31-34(33)38-32-12-8-7-11-29(32)37(31)26-19-15-24(2)16-20-26;1-21-11-15-23(16-12-21)33-25-7-3-5-9-29(25)35-31-20-32-28(19-27(31)33)34(24-17-13-22(2)14-18-24)26-8-4-6-10-30(26)36-32;1-21-11-15-23(16-12-21)33-25-7-3-5-9-29(25)35-30-20-32-28(19-27(30)33)34(24-17-13-22(2)14-18-24)26-8-4-6-10-31(26)36-32;1-21-11-15-23(16-12-21)33-25-7-3-5-9-29(25)35-31-27(33)19-20-28-32(31)36-30-10-6-4-8-26(30)34(28)24-17-13-22(2)14-18-24/h5-22H,1-4H3;3*3-20H,1-2H3. The van der Waals surface area contributed by atoms with Crippen LogP contribution in [0.15, 0.2) is 460 Å². The molecule has 0 saturated carbocycles. The van der Waals surface area contributed by atoms with Gasteiger partial charge in [-0.1, -0.05) is 270 Å². The van der Waals surface area contributed by atoms with Crippen molar-refractivity contribution in [3.63, 3.8) is 0 Å². The second kappa shape index (κ2) is 37.2. The smallest absolute Gasteiger partial charge is 0.155 e. The molecule has 0 radical (unpaired) electrons. The summed E-state index contributed by atoms with van der Waals surface area (Å²) in [5, 5.41) is 0. The van der Waals surface area contributed by atoms with Gasteiger partial charge in [-0.3, -0.25) is 0 Å². The van der Waals surface area contributed by atoms with Crippen molar-refractivity contribution in [1.82, 2.24) is 27.4 Å². The highest BCUT2D eigenvalue weighted by atomic mass is 32.2. The Hall–Kier alpha value is -16.8. The number of anilines is 6. The van der Waals surface area contributed by atoms with Crippen molar-refractivity contribution in [2.24, 2.45) is 0 Å². The lowest BCUT2D eigenvalue weighted by Crippen LogP contribution is -2.32. The fourth-order valence-electron chi connectivity index (χ4n) is 20.9. The van der Waals surface area contributed by atoms with Crippen molar-refractivity contribution < 1.29 is 13.3 Å². The Labute approximate surface area is 862 Å². The van der Waals surface area contributed by atoms with Crippen LogP contribution in [0.25, 0.3) is 162 Å². The van der Waals surface area contributed by atoms with E-state index in [9.17, 15) is 0 Å². The van der Waals surface area contributed by atoms with Crippen molar-refractivity contribution in [2.45, 2.75) is 84.4 Å². The Morgan fingerprint density at radius 1 is 0.199 bits per heavy atom. The topological polar surface area (TPSA) is 75.5 Å². The Morgan fingerprint density at radius 2 is 0.486 bits per heavy atom. The number of hydrogen-bond acceptors (Lipinski definition) is 9. The largest absolute Gasteiger partial charge is 0.453 e. The molecule has 708 valence electrons. The van der Waals surface area contributed by atoms with Gasteiger partial charge >= 0.3 is 0 Å². The minimum Gasteiger partial charge on any atom is -0.453 e. The van der Waals surface area contributed by atoms with E-state index in [1.807, 2.05) is 89.0 Å². The van der Waals surface area contributed by atoms with Crippen molar-refractivity contribution in [1.29, 1.82) is 0 Å². The van der Waals surface area contributed by atoms with Crippen molar-refractivity contribution in [3.05, 3.63) is 492 Å². The number of hydrogen-bond donors (Lipinski definition) is 0. The lowest BCUT2D eigenvalue weighted by molar-refractivity contribution is 0.618. The number of aryl methyl sites for hydroxylation is 8. The first kappa shape index (κ1) is 90.5. The Balaban J connectivity index is 0.000000102. The van der Waals surface area contributed by atoms with Crippen LogP contribution in [0.3, 0.4) is 0 Å². The molecule has 6 aromatic heterocycles. The van der Waals surface area contributed by atoms with E-state index in [0.717, 1.165) is 94.9 Å². The molecule has 28 rings (SSSR count). The minimum absolute atomic E-state index is 0.170. The molecule has 0 N–H and O–H groups in total. The van der Waals surface area contributed by atoms with E-state index in [1.54, 1.807) is 11.3 Å². The normalized spacial score (nSPS) is 12.5. The second-order valence-corrected chi connectivity index (χ2v) is 42.9. The average molecular weight is 1960 g/mol. The summed E-state index contributed by atoms with van der Waals surface area (Å²) < 4.78 is 41.0. The number of benzene rings is 20. The lowest BCUT2D eigenvalue weighted by Gasteiger charge is -2.45. The van der Waals surface area contributed by atoms with E-state index in [1.165, 1.54) is 167 Å². The molecule has 2 aliphatic heterocycles. The molecule has 0 spiro atoms. The van der Waals surface area contributed by atoms with Gasteiger partial charge in [0, 0.05) is 78.4 Å². The van der Waals surface area contributed by atoms with Crippen LogP contribution in [0.2, 0.25) is 0 Å². The van der Waals surface area contributed by atoms with E-state index in [0.29, 0.717) is 0 Å². The summed E-state index contributed by atoms with van der Waals surface area (Å²) in [4.78, 5) is 7.50. The molecule has 0 bridgehead atoms. The van der Waals surface area contributed by atoms with Crippen molar-refractivity contribution in [3.8, 4) is 34.1 Å². The molecular weight excluding hydrogens is 1860 g/mol. The van der Waals surface area contributed by atoms with Crippen molar-refractivity contribution >= 4 is 208 Å². The zero-order chi connectivity index (χ0) is 98.7. The maximum Gasteiger partial charge on any atom is 0.155 e. The molecule has 8 heterocycles. The molecule has 11 nitrogen and oxygen atoms in total. The molecular formula is C131H102N8O3S4. The summed E-state index contributed by atoms with van der Waals surface area (Å²) in [5.41, 5.74) is 44.9. The Bertz CT molecular complexity index is 9050. The molecule has 26 aromatic rings. The molecule has 0 amide bonds. The van der Waals surface area contributed by atoms with E-state index in [4.69, 9.17) is 13.3 Å². The number of nitrogens with zero attached hydrogens (tertiary/aromatic N) is 8. The van der Waals surface area contributed by atoms with Gasteiger partial charge in [-0.05, 0) is 285 Å². The SMILES string of the molecule is Cc1ccc(-n2c3ccccc3oc3cc4oc5ccccc5n(-c5ccc(C)cc5)c4cc32)cc1.Cc1ccc(-n2c3ccccc3oc3cc4sc5ccccc5n(-c5ccc(C)cc5)c4cc32)cc1.Cc1ccc(-n2c3ccccc3sc3c4sc5ccccc5n(-c5ccc(C)cc5)c4ccc32)cc1.Cc1ccc(N2c3ccccc3Sc3c2ccc2c3C(C)(C)c3ccccc3N2c2ccc(C)cc2)cc1. The number of fused-ring (bicyclic) bond motifs is 18.